The lowest BCUT2D eigenvalue weighted by Gasteiger charge is -2.11. The highest BCUT2D eigenvalue weighted by Crippen LogP contribution is 2.25. The maximum atomic E-state index is 11.2. The first kappa shape index (κ1) is 11.4. The molecule has 5 nitrogen and oxygen atoms in total. The lowest BCUT2D eigenvalue weighted by Crippen LogP contribution is -2.17. The predicted octanol–water partition coefficient (Wildman–Crippen LogP) is 0.996. The van der Waals surface area contributed by atoms with Crippen molar-refractivity contribution in [2.75, 3.05) is 11.9 Å². The number of aliphatic hydroxyl groups is 1. The number of halogens is 1. The summed E-state index contributed by atoms with van der Waals surface area (Å²) in [5, 5.41) is 12.5. The zero-order chi connectivity index (χ0) is 11.5. The van der Waals surface area contributed by atoms with Gasteiger partial charge in [-0.15, -0.1) is 0 Å². The summed E-state index contributed by atoms with van der Waals surface area (Å²) < 4.78 is 0. The van der Waals surface area contributed by atoms with E-state index in [0.29, 0.717) is 18.3 Å². The Kier molecular flexibility index (Phi) is 3.46. The van der Waals surface area contributed by atoms with Gasteiger partial charge in [-0.25, -0.2) is 4.98 Å². The second kappa shape index (κ2) is 4.84. The Morgan fingerprint density at radius 1 is 1.62 bits per heavy atom. The van der Waals surface area contributed by atoms with E-state index in [1.54, 1.807) is 0 Å². The number of anilines is 1. The minimum Gasteiger partial charge on any atom is -0.393 e. The van der Waals surface area contributed by atoms with Crippen molar-refractivity contribution < 1.29 is 5.11 Å². The molecule has 1 aliphatic carbocycles. The van der Waals surface area contributed by atoms with E-state index in [4.69, 9.17) is 11.6 Å². The number of hydrogen-bond acceptors (Lipinski definition) is 4. The molecule has 0 amide bonds. The summed E-state index contributed by atoms with van der Waals surface area (Å²) in [4.78, 5) is 17.5. The van der Waals surface area contributed by atoms with Crippen LogP contribution in [-0.4, -0.2) is 27.7 Å². The highest BCUT2D eigenvalue weighted by Gasteiger charge is 2.22. The van der Waals surface area contributed by atoms with Crippen molar-refractivity contribution >= 4 is 17.4 Å². The molecule has 0 spiro atoms. The molecule has 16 heavy (non-hydrogen) atoms. The van der Waals surface area contributed by atoms with Gasteiger partial charge in [0.2, 0.25) is 0 Å². The molecule has 6 heteroatoms. The third-order valence-electron chi connectivity index (χ3n) is 2.87. The molecule has 2 unspecified atom stereocenters. The van der Waals surface area contributed by atoms with Crippen molar-refractivity contribution in [2.24, 2.45) is 5.92 Å². The number of aromatic nitrogens is 2. The van der Waals surface area contributed by atoms with E-state index >= 15 is 0 Å². The highest BCUT2D eigenvalue weighted by atomic mass is 35.5. The van der Waals surface area contributed by atoms with Gasteiger partial charge in [0, 0.05) is 6.54 Å². The molecule has 1 heterocycles. The molecule has 1 saturated carbocycles. The van der Waals surface area contributed by atoms with Crippen LogP contribution >= 0.6 is 11.6 Å². The molecule has 0 bridgehead atoms. The average molecular weight is 244 g/mol. The average Bonchev–Trinajstić information content (AvgIpc) is 2.67. The topological polar surface area (TPSA) is 78.0 Å². The molecule has 1 aromatic heterocycles. The summed E-state index contributed by atoms with van der Waals surface area (Å²) in [5.41, 5.74) is -0.342. The fourth-order valence-corrected chi connectivity index (χ4v) is 2.15. The number of rotatable bonds is 3. The van der Waals surface area contributed by atoms with Crippen LogP contribution in [-0.2, 0) is 0 Å². The normalized spacial score (nSPS) is 24.6. The maximum absolute atomic E-state index is 11.2. The number of nitrogens with one attached hydrogen (secondary N) is 2. The molecule has 0 radical (unpaired) electrons. The first-order valence-corrected chi connectivity index (χ1v) is 5.69. The van der Waals surface area contributed by atoms with Crippen molar-refractivity contribution in [3.63, 3.8) is 0 Å². The fourth-order valence-electron chi connectivity index (χ4n) is 1.98. The molecular weight excluding hydrogens is 230 g/mol. The van der Waals surface area contributed by atoms with Crippen LogP contribution in [0.15, 0.2) is 11.1 Å². The minimum absolute atomic E-state index is 0.0843. The van der Waals surface area contributed by atoms with Gasteiger partial charge in [-0.3, -0.25) is 4.79 Å². The number of aromatic amines is 1. The Morgan fingerprint density at radius 3 is 3.12 bits per heavy atom. The van der Waals surface area contributed by atoms with Crippen molar-refractivity contribution in [2.45, 2.75) is 25.4 Å². The first-order valence-electron chi connectivity index (χ1n) is 5.32. The Bertz CT molecular complexity index is 421. The van der Waals surface area contributed by atoms with Gasteiger partial charge in [0.15, 0.2) is 5.82 Å². The fraction of sp³-hybridized carbons (Fsp3) is 0.600. The Labute approximate surface area is 97.9 Å². The van der Waals surface area contributed by atoms with Crippen LogP contribution in [0.25, 0.3) is 0 Å². The summed E-state index contributed by atoms with van der Waals surface area (Å²) >= 11 is 5.79. The van der Waals surface area contributed by atoms with Gasteiger partial charge in [0.05, 0.1) is 12.4 Å². The quantitative estimate of drug-likeness (QED) is 0.740. The molecule has 0 aliphatic heterocycles. The number of aliphatic hydroxyl groups excluding tert-OH is 1. The molecule has 0 aromatic carbocycles. The second-order valence-corrected chi connectivity index (χ2v) is 4.49. The van der Waals surface area contributed by atoms with E-state index in [1.165, 1.54) is 6.33 Å². The highest BCUT2D eigenvalue weighted by molar-refractivity contribution is 6.32. The molecular formula is C10H14ClN3O2. The number of hydrogen-bond donors (Lipinski definition) is 3. The summed E-state index contributed by atoms with van der Waals surface area (Å²) in [5.74, 6) is 0.832. The largest absolute Gasteiger partial charge is 0.393 e. The van der Waals surface area contributed by atoms with Crippen molar-refractivity contribution in [1.82, 2.24) is 9.97 Å². The van der Waals surface area contributed by atoms with Crippen LogP contribution in [0, 0.1) is 5.92 Å². The molecule has 1 fully saturated rings. The van der Waals surface area contributed by atoms with Crippen LogP contribution in [0.2, 0.25) is 5.02 Å². The van der Waals surface area contributed by atoms with E-state index < -0.39 is 0 Å². The molecule has 3 N–H and O–H groups in total. The van der Waals surface area contributed by atoms with Gasteiger partial charge in [-0.1, -0.05) is 11.6 Å². The molecule has 88 valence electrons. The van der Waals surface area contributed by atoms with Gasteiger partial charge >= 0.3 is 0 Å². The van der Waals surface area contributed by atoms with Gasteiger partial charge in [0.1, 0.15) is 5.02 Å². The maximum Gasteiger partial charge on any atom is 0.271 e. The van der Waals surface area contributed by atoms with Gasteiger partial charge < -0.3 is 15.4 Å². The van der Waals surface area contributed by atoms with Crippen LogP contribution in [0.1, 0.15) is 19.3 Å². The third kappa shape index (κ3) is 2.54. The van der Waals surface area contributed by atoms with Crippen LogP contribution in [0.3, 0.4) is 0 Å². The van der Waals surface area contributed by atoms with Crippen LogP contribution in [0.4, 0.5) is 5.82 Å². The number of nitrogens with zero attached hydrogens (tertiary/aromatic N) is 1. The first-order chi connectivity index (χ1) is 7.66. The van der Waals surface area contributed by atoms with Crippen molar-refractivity contribution in [3.8, 4) is 0 Å². The van der Waals surface area contributed by atoms with E-state index in [2.05, 4.69) is 15.3 Å². The van der Waals surface area contributed by atoms with E-state index in [-0.39, 0.29) is 16.7 Å². The van der Waals surface area contributed by atoms with Crippen molar-refractivity contribution in [1.29, 1.82) is 0 Å². The standard InChI is InChI=1S/C10H14ClN3O2/c11-8-9(13-5-14-10(8)16)12-4-6-1-2-7(15)3-6/h5-7,15H,1-4H2,(H2,12,13,14,16). The number of H-pyrrole nitrogens is 1. The minimum atomic E-state index is -0.342. The Balaban J connectivity index is 1.95. The lowest BCUT2D eigenvalue weighted by atomic mass is 10.1. The Morgan fingerprint density at radius 2 is 2.44 bits per heavy atom. The summed E-state index contributed by atoms with van der Waals surface area (Å²) in [7, 11) is 0. The van der Waals surface area contributed by atoms with Gasteiger partial charge in [-0.2, -0.15) is 0 Å². The van der Waals surface area contributed by atoms with Gasteiger partial charge in [-0.05, 0) is 25.2 Å². The smallest absolute Gasteiger partial charge is 0.271 e. The van der Waals surface area contributed by atoms with Crippen LogP contribution < -0.4 is 10.9 Å². The summed E-state index contributed by atoms with van der Waals surface area (Å²) in [6.07, 6.45) is 3.78. The van der Waals surface area contributed by atoms with Crippen molar-refractivity contribution in [3.05, 3.63) is 21.7 Å². The van der Waals surface area contributed by atoms with E-state index in [0.717, 1.165) is 19.3 Å². The molecule has 1 aromatic rings. The third-order valence-corrected chi connectivity index (χ3v) is 3.22. The Hall–Kier alpha value is -1.07. The van der Waals surface area contributed by atoms with Gasteiger partial charge in [0.25, 0.3) is 5.56 Å². The van der Waals surface area contributed by atoms with Crippen LogP contribution in [0.5, 0.6) is 0 Å². The predicted molar refractivity (Wildman–Crippen MR) is 61.7 cm³/mol. The summed E-state index contributed by atoms with van der Waals surface area (Å²) in [6.45, 7) is 0.688. The SMILES string of the molecule is O=c1[nH]cnc(NCC2CCC(O)C2)c1Cl. The van der Waals surface area contributed by atoms with E-state index in [9.17, 15) is 9.90 Å². The molecule has 0 saturated heterocycles. The summed E-state index contributed by atoms with van der Waals surface area (Å²) in [6, 6.07) is 0. The molecule has 1 aliphatic rings. The molecule has 2 atom stereocenters. The monoisotopic (exact) mass is 243 g/mol. The second-order valence-electron chi connectivity index (χ2n) is 4.11. The zero-order valence-electron chi connectivity index (χ0n) is 8.74. The van der Waals surface area contributed by atoms with E-state index in [1.807, 2.05) is 0 Å². The zero-order valence-corrected chi connectivity index (χ0v) is 9.50. The lowest BCUT2D eigenvalue weighted by molar-refractivity contribution is 0.178. The molecule has 2 rings (SSSR count).